The molecule has 784 valence electrons. The zero-order chi connectivity index (χ0) is 107. The van der Waals surface area contributed by atoms with Crippen LogP contribution in [0.2, 0.25) is 75.1 Å². The van der Waals surface area contributed by atoms with Gasteiger partial charge in [-0.05, 0) is 114 Å². The van der Waals surface area contributed by atoms with E-state index in [4.69, 9.17) is 186 Å². The van der Waals surface area contributed by atoms with Gasteiger partial charge in [-0.15, -0.1) is 207 Å². The molecule has 147 heavy (non-hydrogen) atoms. The summed E-state index contributed by atoms with van der Waals surface area (Å²) in [6.45, 7) is 13.9. The van der Waals surface area contributed by atoms with E-state index in [1.54, 1.807) is 140 Å². The van der Waals surface area contributed by atoms with Gasteiger partial charge < -0.3 is 34.3 Å². The molecule has 52 heteroatoms. The molecule has 16 aromatic heterocycles. The van der Waals surface area contributed by atoms with Crippen molar-refractivity contribution in [2.45, 2.75) is 64.3 Å². The fourth-order valence-electron chi connectivity index (χ4n) is 14.5. The molecule has 4 aromatic carbocycles. The Kier molecular flexibility index (Phi) is 54.2. The first-order valence-corrected chi connectivity index (χ1v) is 80.1. The first-order valence-electron chi connectivity index (χ1n) is 41.0. The van der Waals surface area contributed by atoms with Gasteiger partial charge in [0.15, 0.2) is 0 Å². The van der Waals surface area contributed by atoms with E-state index in [9.17, 15) is 19.2 Å². The quantitative estimate of drug-likeness (QED) is 0.0753. The van der Waals surface area contributed by atoms with Crippen LogP contribution in [0.25, 0.3) is 122 Å². The fourth-order valence-corrected chi connectivity index (χ4v) is 43.9. The maximum absolute atomic E-state index is 12.1. The summed E-state index contributed by atoms with van der Waals surface area (Å²) in [6, 6.07) is 17.1. The van der Waals surface area contributed by atoms with Crippen LogP contribution in [0.5, 0.6) is 23.0 Å². The van der Waals surface area contributed by atoms with Gasteiger partial charge in [-0.2, -0.15) is 0 Å². The van der Waals surface area contributed by atoms with Gasteiger partial charge in [0.05, 0.1) is 172 Å². The Morgan fingerprint density at radius 2 is 0.694 bits per heavy atom. The molecule has 20 aromatic rings. The molecule has 0 atom stereocenters. The SMILES string of the molecule is BrB(Br)Br.BrBr.C.C.CCN(CC)C(=O)c1cscc1Cl.CCNCC.COc1c2sc(Br)c(Cl)c2c(OC)c2sc(Br)c(Cl)c12.COc1c2scc(Cl)c2c(OC)c2scc(Cl)c12.Cc1sc2c(-c3cccs3)c3c(Cl)[c]([Sn]([CH3])([CH3])[CH3])sc3c(-c3cccs3)c2c1Cl.ClCCl.Clc1c(Br)sc2c(-c3cccs3)c3c(Cl)c(Br)sc3c(-c3cccs3)c12.O=C(O)c1cscc1Cl.O=C1c2scc(Cl)c2C(=O)c2scc(Cl)c21. The third-order valence-corrected chi connectivity index (χ3v) is 55.6. The molecule has 0 bridgehead atoms. The molecule has 0 saturated heterocycles. The third kappa shape index (κ3) is 29.2. The van der Waals surface area contributed by atoms with Crippen molar-refractivity contribution < 1.29 is 43.2 Å². The zero-order valence-electron chi connectivity index (χ0n) is 76.0. The minimum Gasteiger partial charge on any atom is -0.478 e. The molecular formula is C95H76BBr9Cl14N2O9S16Sn. The Morgan fingerprint density at radius 3 is 0.980 bits per heavy atom. The first-order chi connectivity index (χ1) is 69.1. The number of ketones is 2. The van der Waals surface area contributed by atoms with E-state index in [0.29, 0.717) is 66.6 Å². The van der Waals surface area contributed by atoms with Crippen LogP contribution < -0.4 is 27.2 Å². The normalized spacial score (nSPS) is 11.1. The van der Waals surface area contributed by atoms with Gasteiger partial charge in [-0.25, -0.2) is 4.79 Å². The number of thiophene rings is 16. The smallest absolute Gasteiger partial charge is 0.338 e. The van der Waals surface area contributed by atoms with Crippen LogP contribution in [-0.4, -0.2) is 115 Å². The number of hydrogen-bond acceptors (Lipinski definition) is 25. The molecule has 0 fully saturated rings. The van der Waals surface area contributed by atoms with Gasteiger partial charge in [0.25, 0.3) is 5.91 Å². The number of methoxy groups -OCH3 is 4. The van der Waals surface area contributed by atoms with Crippen LogP contribution in [0, 0.1) is 6.92 Å². The largest absolute Gasteiger partial charge is 0.478 e. The Labute approximate surface area is 1060 Å². The van der Waals surface area contributed by atoms with Crippen LogP contribution in [0.3, 0.4) is 0 Å². The molecule has 1 aliphatic rings. The minimum atomic E-state index is -2.40. The Hall–Kier alpha value is 0.844. The maximum Gasteiger partial charge on any atom is 0.338 e. The molecule has 0 unspecified atom stereocenters. The number of aromatic carboxylic acids is 1. The molecule has 21 rings (SSSR count). The second-order valence-electron chi connectivity index (χ2n) is 29.7. The fraction of sp³-hybridized carbons (Fsp3) is 0.200. The summed E-state index contributed by atoms with van der Waals surface area (Å²) in [7, 11) is 6.54. The summed E-state index contributed by atoms with van der Waals surface area (Å²) in [6.07, 6.45) is 0. The van der Waals surface area contributed by atoms with Crippen molar-refractivity contribution in [1.29, 1.82) is 0 Å². The average molecular weight is 3250 g/mol. The number of aryl methyl sites for hydroxylation is 1. The average Bonchev–Trinajstić information content (AvgIpc) is 1.56. The maximum atomic E-state index is 12.1. The van der Waals surface area contributed by atoms with Crippen molar-refractivity contribution in [2.75, 3.05) is 60.0 Å². The molecule has 0 radical (unpaired) electrons. The van der Waals surface area contributed by atoms with Crippen LogP contribution >= 0.6 is 483 Å². The molecular weight excluding hydrogens is 3170 g/mol. The number of carbonyl (C=O) groups is 4. The predicted molar refractivity (Wildman–Crippen MR) is 710 cm³/mol. The van der Waals surface area contributed by atoms with E-state index in [-0.39, 0.29) is 46.4 Å². The number of nitrogens with one attached hydrogen (secondary N) is 1. The Morgan fingerprint density at radius 1 is 0.395 bits per heavy atom. The van der Waals surface area contributed by atoms with Crippen molar-refractivity contribution in [2.24, 2.45) is 0 Å². The number of nitrogens with zero attached hydrogens (tertiary/aromatic N) is 1. The number of alkyl halides is 2. The number of carboxylic acid groups (broad SMARTS) is 1. The zero-order valence-corrected chi connectivity index (χ0v) is 117. The number of ether oxygens (including phenoxy) is 4. The number of fused-ring (bicyclic) bond motifs is 10. The molecule has 0 spiro atoms. The topological polar surface area (TPSA) is 141 Å². The summed E-state index contributed by atoms with van der Waals surface area (Å²) < 4.78 is 36.2. The number of halogens is 23. The summed E-state index contributed by atoms with van der Waals surface area (Å²) in [5.74, 6) is 1.63. The van der Waals surface area contributed by atoms with E-state index < -0.39 is 24.3 Å². The van der Waals surface area contributed by atoms with Crippen molar-refractivity contribution in [3.05, 3.63) is 225 Å². The molecule has 0 aliphatic heterocycles. The molecule has 1 aliphatic carbocycles. The van der Waals surface area contributed by atoms with Crippen LogP contribution in [0.1, 0.15) is 98.6 Å². The van der Waals surface area contributed by atoms with Gasteiger partial charge in [-0.3, -0.25) is 14.4 Å². The first kappa shape index (κ1) is 131. The van der Waals surface area contributed by atoms with Gasteiger partial charge >= 0.3 is 212 Å². The Bertz CT molecular complexity index is 7650. The predicted octanol–water partition coefficient (Wildman–Crippen LogP) is 48.6. The van der Waals surface area contributed by atoms with Crippen LogP contribution in [0.4, 0.5) is 0 Å². The van der Waals surface area contributed by atoms with Crippen molar-refractivity contribution in [3.63, 3.8) is 0 Å². The number of hydrogen-bond donors (Lipinski definition) is 2. The van der Waals surface area contributed by atoms with Crippen molar-refractivity contribution >= 4 is 612 Å². The summed E-state index contributed by atoms with van der Waals surface area (Å²) >= 11 is 137. The number of rotatable bonds is 15. The van der Waals surface area contributed by atoms with E-state index in [0.717, 1.165) is 136 Å². The van der Waals surface area contributed by atoms with Crippen molar-refractivity contribution in [3.8, 4) is 64.8 Å². The van der Waals surface area contributed by atoms with Crippen LogP contribution in [0.15, 0.2) is 128 Å². The van der Waals surface area contributed by atoms with Crippen LogP contribution in [-0.2, 0) is 0 Å². The van der Waals surface area contributed by atoms with Crippen molar-refractivity contribution in [1.82, 2.24) is 10.2 Å². The van der Waals surface area contributed by atoms with E-state index in [2.05, 4.69) is 250 Å². The number of carbonyl (C=O) groups excluding carboxylic acids is 3. The number of amides is 1. The second-order valence-corrected chi connectivity index (χ2v) is 77.3. The monoisotopic (exact) mass is 3230 g/mol. The third-order valence-electron chi connectivity index (χ3n) is 20.4. The van der Waals surface area contributed by atoms with E-state index in [1.807, 2.05) is 35.9 Å². The summed E-state index contributed by atoms with van der Waals surface area (Å²) in [4.78, 5) is 62.1. The molecule has 2 N–H and O–H groups in total. The second kappa shape index (κ2) is 60.7. The Balaban J connectivity index is 0.000000190. The minimum absolute atomic E-state index is 0. The van der Waals surface area contributed by atoms with Gasteiger partial charge in [0.1, 0.15) is 23.0 Å². The van der Waals surface area contributed by atoms with Gasteiger partial charge in [0, 0.05) is 125 Å². The number of benzene rings is 4. The molecule has 1 amide bonds. The van der Waals surface area contributed by atoms with E-state index >= 15 is 0 Å². The molecule has 16 heterocycles. The van der Waals surface area contributed by atoms with E-state index in [1.165, 1.54) is 175 Å². The van der Waals surface area contributed by atoms with Gasteiger partial charge in [0.2, 0.25) is 11.6 Å². The summed E-state index contributed by atoms with van der Waals surface area (Å²) in [5.41, 5.74) is 6.34. The standard InChI is InChI=1S/C19H9Cl2S4.C18H6Br2Cl2S4.C12H6Br2Cl2O2S2.C12H8Cl2O2S2.C10H2Cl2O2S2.C9H12ClNOS.C5H3ClO2S.C4H11N.CH2Cl2.2CH4.3CH3.BBr3.Br2.Sn/c1-9-17(21)16-15(12-5-3-7-23-12)18-13(10(20)8-24-18)14(19(16)25-9)11-4-2-6-22-11;19-17-13(21)11-9(7-3-1-5-23-7)15-12(14(22)18(20)25-15)10(16(11)26-17)8-4-2-6-24-8;1-17-7-3-5(15)11(13)20-10(3)8(18-2)4-6(16)12(14)19-9(4)7;1-15-9-7-5(13)3-18-12(7)10(16-2)8-6(14)4-17-11(8)9;11-3-1-15-9-5(3)7(13)10-6(8(9)14)4(12)2-16-10;1-3-11(4-2)9(12)7-5-13-6-8(7)10;6-4-2-9-1-3(4)5(7)8;1-3-5-4-2;2-1-3;;;;;;2-1(3)4;1-2;/h2-7H,1H3;1-6H;1-2H3;3-4H,1-2H3;1-2H;5-6H,3-4H2,1-2H3;1-2H,(H,7,8);5H,3-4H2,1-2H3;1H2;2*1H4;3*1H3;;;. The number of carboxylic acids is 1. The summed E-state index contributed by atoms with van der Waals surface area (Å²) in [5, 5.41) is 49.5. The van der Waals surface area contributed by atoms with Gasteiger partial charge in [-0.1, -0.05) is 157 Å². The molecule has 0 saturated carbocycles. The molecule has 11 nitrogen and oxygen atoms in total.